The van der Waals surface area contributed by atoms with Crippen molar-refractivity contribution >= 4 is 42.7 Å². The van der Waals surface area contributed by atoms with E-state index >= 15 is 0 Å². The predicted octanol–water partition coefficient (Wildman–Crippen LogP) is 4.93. The molecule has 0 aliphatic rings. The van der Waals surface area contributed by atoms with Crippen molar-refractivity contribution in [2.75, 3.05) is 0 Å². The molecule has 0 spiro atoms. The number of halogens is 1. The lowest BCUT2D eigenvalue weighted by molar-refractivity contribution is -0.145. The van der Waals surface area contributed by atoms with Gasteiger partial charge in [-0.1, -0.05) is 31.8 Å². The van der Waals surface area contributed by atoms with Crippen LogP contribution in [0.1, 0.15) is 39.7 Å². The number of benzene rings is 1. The number of alkyl carbamates (subject to hydrolysis) is 1. The fraction of sp³-hybridized carbons (Fsp3) is 0.600. The highest BCUT2D eigenvalue weighted by Crippen LogP contribution is 2.15. The molecule has 1 aromatic carbocycles. The van der Waals surface area contributed by atoms with E-state index in [1.165, 1.54) is 0 Å². The Morgan fingerprint density at radius 2 is 1.70 bits per heavy atom. The molecule has 0 saturated heterocycles. The molecule has 0 aromatic heterocycles. The molecule has 7 heteroatoms. The third kappa shape index (κ3) is 10.1. The lowest BCUT2D eigenvalue weighted by Gasteiger charge is -2.27. The lowest BCUT2D eigenvalue weighted by Crippen LogP contribution is -2.43. The molecule has 1 amide bonds. The van der Waals surface area contributed by atoms with E-state index in [1.54, 1.807) is 0 Å². The first-order valence-corrected chi connectivity index (χ1v) is 13.9. The quantitative estimate of drug-likeness (QED) is 0.325. The van der Waals surface area contributed by atoms with Gasteiger partial charge in [0.25, 0.3) is 0 Å². The van der Waals surface area contributed by atoms with Gasteiger partial charge in [0.1, 0.15) is 5.60 Å². The Morgan fingerprint density at radius 3 is 2.19 bits per heavy atom. The highest BCUT2D eigenvalue weighted by molar-refractivity contribution is 14.1. The summed E-state index contributed by atoms with van der Waals surface area (Å²) in [6.07, 6.45) is 0.121. The molecule has 0 saturated carbocycles. The maximum absolute atomic E-state index is 12.4. The smallest absolute Gasteiger partial charge is 0.407 e. The van der Waals surface area contributed by atoms with Gasteiger partial charge < -0.3 is 14.8 Å². The van der Waals surface area contributed by atoms with E-state index in [0.717, 1.165) is 9.13 Å². The fourth-order valence-corrected chi connectivity index (χ4v) is 3.02. The number of rotatable bonds is 7. The summed E-state index contributed by atoms with van der Waals surface area (Å²) < 4.78 is 12.1. The van der Waals surface area contributed by atoms with Gasteiger partial charge in [-0.2, -0.15) is 0 Å². The summed E-state index contributed by atoms with van der Waals surface area (Å²) in [5, 5.41) is 2.83. The van der Waals surface area contributed by atoms with E-state index in [1.807, 2.05) is 52.0 Å². The van der Waals surface area contributed by atoms with Crippen LogP contribution in [-0.4, -0.2) is 37.5 Å². The Bertz CT molecular complexity index is 635. The van der Waals surface area contributed by atoms with Gasteiger partial charge in [-0.3, -0.25) is 4.79 Å². The van der Waals surface area contributed by atoms with Gasteiger partial charge in [0.05, 0.1) is 20.2 Å². The molecule has 0 heterocycles. The van der Waals surface area contributed by atoms with E-state index in [-0.39, 0.29) is 24.2 Å². The molecular weight excluding hydrogens is 473 g/mol. The van der Waals surface area contributed by atoms with Crippen LogP contribution in [0.2, 0.25) is 19.6 Å². The van der Waals surface area contributed by atoms with Crippen molar-refractivity contribution in [2.24, 2.45) is 0 Å². The second kappa shape index (κ2) is 9.91. The molecule has 0 bridgehead atoms. The molecule has 2 atom stereocenters. The number of hydrogen-bond donors (Lipinski definition) is 1. The van der Waals surface area contributed by atoms with Crippen molar-refractivity contribution < 1.29 is 19.1 Å². The van der Waals surface area contributed by atoms with Crippen molar-refractivity contribution in [3.63, 3.8) is 0 Å². The molecule has 152 valence electrons. The molecule has 5 nitrogen and oxygen atoms in total. The largest absolute Gasteiger partial charge is 0.466 e. The molecule has 0 aliphatic carbocycles. The van der Waals surface area contributed by atoms with E-state index < -0.39 is 19.8 Å². The number of amides is 1. The summed E-state index contributed by atoms with van der Waals surface area (Å²) in [6.45, 7) is 13.9. The highest BCUT2D eigenvalue weighted by atomic mass is 127. The van der Waals surface area contributed by atoms with Gasteiger partial charge in [-0.05, 0) is 74.4 Å². The predicted molar refractivity (Wildman–Crippen MR) is 120 cm³/mol. The van der Waals surface area contributed by atoms with Crippen LogP contribution in [-0.2, 0) is 20.7 Å². The number of nitrogens with one attached hydrogen (secondary N) is 1. The summed E-state index contributed by atoms with van der Waals surface area (Å²) in [7, 11) is -1.57. The van der Waals surface area contributed by atoms with Crippen LogP contribution in [0.15, 0.2) is 24.3 Å². The minimum Gasteiger partial charge on any atom is -0.466 e. The van der Waals surface area contributed by atoms with Crippen molar-refractivity contribution in [1.29, 1.82) is 0 Å². The fourth-order valence-electron chi connectivity index (χ4n) is 2.18. The van der Waals surface area contributed by atoms with Crippen LogP contribution < -0.4 is 5.32 Å². The first kappa shape index (κ1) is 23.9. The van der Waals surface area contributed by atoms with E-state index in [0.29, 0.717) is 6.42 Å². The van der Waals surface area contributed by atoms with Crippen LogP contribution in [0.4, 0.5) is 4.79 Å². The SMILES string of the molecule is C[C@@H](OC(=O)C[C@H](Cc1ccc(I)cc1)NC(=O)OC(C)(C)C)[Si](C)(C)C. The van der Waals surface area contributed by atoms with Crippen molar-refractivity contribution in [3.8, 4) is 0 Å². The zero-order valence-electron chi connectivity index (χ0n) is 17.4. The topological polar surface area (TPSA) is 64.6 Å². The molecule has 1 aromatic rings. The highest BCUT2D eigenvalue weighted by Gasteiger charge is 2.28. The van der Waals surface area contributed by atoms with Crippen LogP contribution in [0.5, 0.6) is 0 Å². The lowest BCUT2D eigenvalue weighted by atomic mass is 10.0. The zero-order chi connectivity index (χ0) is 20.8. The minimum absolute atomic E-state index is 0.0783. The first-order chi connectivity index (χ1) is 12.3. The molecule has 0 radical (unpaired) electrons. The molecule has 0 unspecified atom stereocenters. The number of ether oxygens (including phenoxy) is 2. The second-order valence-corrected chi connectivity index (χ2v) is 15.7. The first-order valence-electron chi connectivity index (χ1n) is 9.19. The Labute approximate surface area is 177 Å². The summed E-state index contributed by atoms with van der Waals surface area (Å²) >= 11 is 2.25. The van der Waals surface area contributed by atoms with Gasteiger partial charge in [0, 0.05) is 9.61 Å². The van der Waals surface area contributed by atoms with E-state index in [4.69, 9.17) is 9.47 Å². The van der Waals surface area contributed by atoms with Crippen molar-refractivity contribution in [1.82, 2.24) is 5.32 Å². The summed E-state index contributed by atoms with van der Waals surface area (Å²) in [4.78, 5) is 24.6. The Morgan fingerprint density at radius 1 is 1.15 bits per heavy atom. The van der Waals surface area contributed by atoms with Crippen molar-refractivity contribution in [2.45, 2.75) is 77.5 Å². The number of esters is 1. The molecule has 0 aliphatic heterocycles. The third-order valence-electron chi connectivity index (χ3n) is 4.06. The van der Waals surface area contributed by atoms with Crippen molar-refractivity contribution in [3.05, 3.63) is 33.4 Å². The molecule has 27 heavy (non-hydrogen) atoms. The number of carbonyl (C=O) groups is 2. The Balaban J connectivity index is 2.81. The number of carbonyl (C=O) groups excluding carboxylic acids is 2. The van der Waals surface area contributed by atoms with Gasteiger partial charge in [-0.25, -0.2) is 4.79 Å². The van der Waals surface area contributed by atoms with Crippen LogP contribution in [0.25, 0.3) is 0 Å². The third-order valence-corrected chi connectivity index (χ3v) is 7.33. The van der Waals surface area contributed by atoms with Crippen LogP contribution >= 0.6 is 22.6 Å². The van der Waals surface area contributed by atoms with E-state index in [9.17, 15) is 9.59 Å². The summed E-state index contributed by atoms with van der Waals surface area (Å²) in [5.74, 6) is -0.295. The van der Waals surface area contributed by atoms with Crippen LogP contribution in [0.3, 0.4) is 0 Å². The van der Waals surface area contributed by atoms with E-state index in [2.05, 4.69) is 47.5 Å². The molecule has 0 fully saturated rings. The maximum atomic E-state index is 12.4. The summed E-state index contributed by atoms with van der Waals surface area (Å²) in [5.41, 5.74) is 0.373. The van der Waals surface area contributed by atoms with Gasteiger partial charge in [0.15, 0.2) is 0 Å². The number of hydrogen-bond acceptors (Lipinski definition) is 4. The maximum Gasteiger partial charge on any atom is 0.407 e. The monoisotopic (exact) mass is 505 g/mol. The van der Waals surface area contributed by atoms with Gasteiger partial charge in [-0.15, -0.1) is 0 Å². The van der Waals surface area contributed by atoms with Crippen LogP contribution in [0, 0.1) is 3.57 Å². The summed E-state index contributed by atoms with van der Waals surface area (Å²) in [6, 6.07) is 7.63. The average molecular weight is 505 g/mol. The molecule has 1 N–H and O–H groups in total. The van der Waals surface area contributed by atoms with Gasteiger partial charge in [0.2, 0.25) is 0 Å². The van der Waals surface area contributed by atoms with Gasteiger partial charge >= 0.3 is 12.1 Å². The zero-order valence-corrected chi connectivity index (χ0v) is 20.5. The standard InChI is InChI=1S/C20H32INO4Si/c1-14(27(5,6)7)25-18(23)13-17(22-19(24)26-20(2,3)4)12-15-8-10-16(21)11-9-15/h8-11,14,17H,12-13H2,1-7H3,(H,22,24)/t14-,17-/m0/s1. The molecule has 1 rings (SSSR count). The molecular formula is C20H32INO4Si. The Kier molecular flexibility index (Phi) is 8.79. The average Bonchev–Trinajstić information content (AvgIpc) is 2.46. The Hall–Kier alpha value is -1.09. The minimum atomic E-state index is -1.57. The normalized spacial score (nSPS) is 14.2. The second-order valence-electron chi connectivity index (χ2n) is 8.88.